The molecule has 0 saturated carbocycles. The summed E-state index contributed by atoms with van der Waals surface area (Å²) in [5.41, 5.74) is 12.8. The number of hydrogen-bond donors (Lipinski definition) is 1. The van der Waals surface area contributed by atoms with E-state index in [0.29, 0.717) is 23.3 Å². The number of aromatic amines is 1. The quantitative estimate of drug-likeness (QED) is 0.168. The number of benzene rings is 4. The zero-order valence-electron chi connectivity index (χ0n) is 32.6. The summed E-state index contributed by atoms with van der Waals surface area (Å²) in [6, 6.07) is 26.9. The fourth-order valence-electron chi connectivity index (χ4n) is 9.03. The molecule has 0 amide bonds. The van der Waals surface area contributed by atoms with E-state index in [1.165, 1.54) is 27.0 Å². The summed E-state index contributed by atoms with van der Waals surface area (Å²) < 4.78 is 49.3. The third-order valence-corrected chi connectivity index (χ3v) is 12.4. The molecular formula is C48H46F3NO2S. The van der Waals surface area contributed by atoms with Crippen molar-refractivity contribution in [3.63, 3.8) is 0 Å². The lowest BCUT2D eigenvalue weighted by atomic mass is 9.76. The summed E-state index contributed by atoms with van der Waals surface area (Å²) in [5, 5.41) is 0. The van der Waals surface area contributed by atoms with Gasteiger partial charge in [0, 0.05) is 38.5 Å². The Morgan fingerprint density at radius 2 is 1.40 bits per heavy atom. The number of alkyl halides is 3. The van der Waals surface area contributed by atoms with Gasteiger partial charge in [0.05, 0.1) is 23.4 Å². The Balaban J connectivity index is 1.33. The lowest BCUT2D eigenvalue weighted by Crippen LogP contribution is -2.20. The Labute approximate surface area is 326 Å². The molecule has 4 aromatic carbocycles. The average molecular weight is 758 g/mol. The Morgan fingerprint density at radius 1 is 0.818 bits per heavy atom. The van der Waals surface area contributed by atoms with Crippen molar-refractivity contribution in [1.82, 2.24) is 4.98 Å². The lowest BCUT2D eigenvalue weighted by Gasteiger charge is -2.29. The van der Waals surface area contributed by atoms with E-state index in [9.17, 15) is 18.0 Å². The standard InChI is InChI=1S/C48H46F3NO2S/c1-26-23-27(2)41(28(3)24-26)45(46-32(7)44(33(8)52-46)37-17-9-12-18-38(37)48(49,50)51)42-29(4)25-30(5)43(31(42)6)47(53)54-22-21-34-35-15-10-13-19-39(35)55-40-20-14-11-16-36(34)40/h9-20,23-25,29,34,52H,21-22H2,1-8H3/b45-42+. The molecule has 1 aliphatic heterocycles. The highest BCUT2D eigenvalue weighted by atomic mass is 32.2. The van der Waals surface area contributed by atoms with Crippen molar-refractivity contribution in [2.75, 3.05) is 6.61 Å². The van der Waals surface area contributed by atoms with Gasteiger partial charge in [-0.25, -0.2) is 4.79 Å². The largest absolute Gasteiger partial charge is 0.462 e. The molecule has 7 rings (SSSR count). The number of nitrogens with one attached hydrogen (secondary N) is 1. The second kappa shape index (κ2) is 14.9. The van der Waals surface area contributed by atoms with E-state index in [2.05, 4.69) is 99.4 Å². The number of carbonyl (C=O) groups excluding carboxylic acids is 1. The number of rotatable bonds is 7. The maximum Gasteiger partial charge on any atom is 0.417 e. The van der Waals surface area contributed by atoms with Crippen molar-refractivity contribution in [2.24, 2.45) is 5.92 Å². The van der Waals surface area contributed by atoms with Crippen LogP contribution in [0.3, 0.4) is 0 Å². The number of H-pyrrole nitrogens is 1. The summed E-state index contributed by atoms with van der Waals surface area (Å²) in [5.74, 6) is -0.378. The van der Waals surface area contributed by atoms with Crippen LogP contribution in [0.1, 0.15) is 89.0 Å². The predicted octanol–water partition coefficient (Wildman–Crippen LogP) is 13.2. The van der Waals surface area contributed by atoms with Gasteiger partial charge in [0.25, 0.3) is 0 Å². The highest BCUT2D eigenvalue weighted by Crippen LogP contribution is 2.49. The van der Waals surface area contributed by atoms with Crippen molar-refractivity contribution in [1.29, 1.82) is 0 Å². The van der Waals surface area contributed by atoms with Crippen LogP contribution in [0.15, 0.2) is 123 Å². The maximum atomic E-state index is 14.4. The van der Waals surface area contributed by atoms with Crippen molar-refractivity contribution in [2.45, 2.75) is 83.7 Å². The molecule has 2 aliphatic rings. The van der Waals surface area contributed by atoms with Crippen molar-refractivity contribution in [3.8, 4) is 11.1 Å². The minimum Gasteiger partial charge on any atom is -0.462 e. The molecule has 0 bridgehead atoms. The Morgan fingerprint density at radius 3 is 2.02 bits per heavy atom. The third kappa shape index (κ3) is 7.04. The molecule has 1 aromatic heterocycles. The van der Waals surface area contributed by atoms with Crippen LogP contribution in [-0.2, 0) is 15.7 Å². The topological polar surface area (TPSA) is 42.1 Å². The first kappa shape index (κ1) is 38.3. The van der Waals surface area contributed by atoms with Gasteiger partial charge in [0.2, 0.25) is 0 Å². The molecule has 1 atom stereocenters. The van der Waals surface area contributed by atoms with Crippen LogP contribution < -0.4 is 0 Å². The molecule has 3 nitrogen and oxygen atoms in total. The molecule has 5 aromatic rings. The van der Waals surface area contributed by atoms with Crippen LogP contribution in [-0.4, -0.2) is 17.6 Å². The fourth-order valence-corrected chi connectivity index (χ4v) is 10.2. The van der Waals surface area contributed by atoms with E-state index in [0.717, 1.165) is 61.9 Å². The summed E-state index contributed by atoms with van der Waals surface area (Å²) in [6.07, 6.45) is -1.77. The molecule has 0 spiro atoms. The fraction of sp³-hybridized carbons (Fsp3) is 0.271. The summed E-state index contributed by atoms with van der Waals surface area (Å²) in [4.78, 5) is 20.3. The minimum absolute atomic E-state index is 0.102. The molecule has 282 valence electrons. The zero-order chi connectivity index (χ0) is 39.3. The second-order valence-corrected chi connectivity index (χ2v) is 16.1. The van der Waals surface area contributed by atoms with E-state index in [1.54, 1.807) is 23.9 Å². The van der Waals surface area contributed by atoms with E-state index >= 15 is 0 Å². The van der Waals surface area contributed by atoms with E-state index < -0.39 is 11.7 Å². The van der Waals surface area contributed by atoms with Crippen LogP contribution in [0, 0.1) is 40.5 Å². The number of hydrogen-bond acceptors (Lipinski definition) is 3. The number of fused-ring (bicyclic) bond motifs is 2. The van der Waals surface area contributed by atoms with Crippen LogP contribution in [0.2, 0.25) is 0 Å². The molecule has 2 heterocycles. The summed E-state index contributed by atoms with van der Waals surface area (Å²) in [6.45, 7) is 16.2. The van der Waals surface area contributed by atoms with Gasteiger partial charge in [-0.3, -0.25) is 0 Å². The van der Waals surface area contributed by atoms with Gasteiger partial charge in [-0.15, -0.1) is 0 Å². The Bertz CT molecular complexity index is 2370. The summed E-state index contributed by atoms with van der Waals surface area (Å²) in [7, 11) is 0. The van der Waals surface area contributed by atoms with E-state index in [4.69, 9.17) is 4.74 Å². The third-order valence-electron chi connectivity index (χ3n) is 11.2. The van der Waals surface area contributed by atoms with Crippen LogP contribution in [0.25, 0.3) is 16.7 Å². The normalized spacial score (nSPS) is 16.8. The average Bonchev–Trinajstić information content (AvgIpc) is 3.42. The highest BCUT2D eigenvalue weighted by Gasteiger charge is 2.36. The predicted molar refractivity (Wildman–Crippen MR) is 217 cm³/mol. The zero-order valence-corrected chi connectivity index (χ0v) is 33.4. The number of esters is 1. The number of halogens is 3. The van der Waals surface area contributed by atoms with Crippen LogP contribution >= 0.6 is 11.8 Å². The van der Waals surface area contributed by atoms with Crippen molar-refractivity contribution < 1.29 is 22.7 Å². The van der Waals surface area contributed by atoms with Gasteiger partial charge in [-0.1, -0.05) is 97.1 Å². The van der Waals surface area contributed by atoms with Crippen molar-refractivity contribution in [3.05, 3.63) is 169 Å². The maximum absolute atomic E-state index is 14.4. The van der Waals surface area contributed by atoms with Crippen LogP contribution in [0.4, 0.5) is 13.2 Å². The lowest BCUT2D eigenvalue weighted by molar-refractivity contribution is -0.139. The molecule has 7 heteroatoms. The summed E-state index contributed by atoms with van der Waals surface area (Å²) >= 11 is 1.77. The molecule has 1 aliphatic carbocycles. The van der Waals surface area contributed by atoms with Gasteiger partial charge in [0.15, 0.2) is 0 Å². The van der Waals surface area contributed by atoms with Gasteiger partial charge in [-0.2, -0.15) is 13.2 Å². The van der Waals surface area contributed by atoms with Crippen molar-refractivity contribution >= 4 is 23.3 Å². The van der Waals surface area contributed by atoms with Gasteiger partial charge >= 0.3 is 12.1 Å². The number of aryl methyl sites for hydroxylation is 4. The van der Waals surface area contributed by atoms with Gasteiger partial charge in [-0.05, 0) is 129 Å². The first-order valence-corrected chi connectivity index (χ1v) is 19.6. The monoisotopic (exact) mass is 757 g/mol. The number of ether oxygens (including phenoxy) is 1. The molecular weight excluding hydrogens is 712 g/mol. The first-order valence-electron chi connectivity index (χ1n) is 18.8. The molecule has 1 unspecified atom stereocenters. The minimum atomic E-state index is -4.52. The molecule has 0 saturated heterocycles. The van der Waals surface area contributed by atoms with Gasteiger partial charge in [0.1, 0.15) is 0 Å². The smallest absolute Gasteiger partial charge is 0.417 e. The van der Waals surface area contributed by atoms with Gasteiger partial charge < -0.3 is 9.72 Å². The van der Waals surface area contributed by atoms with E-state index in [-0.39, 0.29) is 30.0 Å². The van der Waals surface area contributed by atoms with E-state index in [1.807, 2.05) is 27.7 Å². The molecule has 55 heavy (non-hydrogen) atoms. The number of carbonyl (C=O) groups is 1. The highest BCUT2D eigenvalue weighted by molar-refractivity contribution is 7.99. The second-order valence-electron chi connectivity index (χ2n) is 15.0. The van der Waals surface area contributed by atoms with Crippen LogP contribution in [0.5, 0.6) is 0 Å². The molecule has 0 fully saturated rings. The number of allylic oxidation sites excluding steroid dienone is 3. The first-order chi connectivity index (χ1) is 26.2. The molecule has 1 N–H and O–H groups in total. The SMILES string of the molecule is CC1=CC(C)/C(=C(\c2[nH]c(C)c(-c3ccccc3C(F)(F)F)c2C)c2c(C)cc(C)cc2C)C(C)=C1C(=O)OCCC1c2ccccc2Sc2ccccc21. The Hall–Kier alpha value is -5.01. The molecule has 0 radical (unpaired) electrons. The Kier molecular flexibility index (Phi) is 10.4. The number of aromatic nitrogens is 1.